The summed E-state index contributed by atoms with van der Waals surface area (Å²) in [5, 5.41) is 18.2. The first-order valence-corrected chi connectivity index (χ1v) is 5.54. The van der Waals surface area contributed by atoms with Crippen LogP contribution in [0, 0.1) is 11.3 Å². The van der Waals surface area contributed by atoms with Gasteiger partial charge in [-0.1, -0.05) is 23.7 Å². The van der Waals surface area contributed by atoms with Crippen molar-refractivity contribution in [2.75, 3.05) is 5.32 Å². The predicted molar refractivity (Wildman–Crippen MR) is 67.1 cm³/mol. The van der Waals surface area contributed by atoms with E-state index in [9.17, 15) is 4.79 Å². The molecule has 0 atom stereocenters. The van der Waals surface area contributed by atoms with Gasteiger partial charge in [0.05, 0.1) is 12.6 Å². The summed E-state index contributed by atoms with van der Waals surface area (Å²) in [5.74, 6) is 0.0718. The minimum atomic E-state index is -0.238. The Kier molecular flexibility index (Phi) is 3.60. The largest absolute Gasteiger partial charge is 0.310 e. The molecule has 2 N–H and O–H groups in total. The Hall–Kier alpha value is -2.32. The number of rotatable bonds is 3. The van der Waals surface area contributed by atoms with Crippen molar-refractivity contribution in [2.45, 2.75) is 6.42 Å². The fourth-order valence-corrected chi connectivity index (χ4v) is 1.70. The first-order chi connectivity index (χ1) is 8.69. The maximum Gasteiger partial charge on any atom is 0.229 e. The second-order valence-corrected chi connectivity index (χ2v) is 4.06. The molecule has 0 aliphatic carbocycles. The lowest BCUT2D eigenvalue weighted by atomic mass is 10.1. The van der Waals surface area contributed by atoms with Crippen molar-refractivity contribution in [3.63, 3.8) is 0 Å². The maximum atomic E-state index is 11.7. The summed E-state index contributed by atoms with van der Waals surface area (Å²) in [5.41, 5.74) is 1.10. The van der Waals surface area contributed by atoms with E-state index in [1.807, 2.05) is 12.1 Å². The second-order valence-electron chi connectivity index (χ2n) is 3.63. The number of carbonyl (C=O) groups is 1. The summed E-state index contributed by atoms with van der Waals surface area (Å²) < 4.78 is 0. The van der Waals surface area contributed by atoms with Crippen LogP contribution in [0.1, 0.15) is 11.1 Å². The Labute approximate surface area is 108 Å². The molecule has 0 saturated carbocycles. The lowest BCUT2D eigenvalue weighted by molar-refractivity contribution is -0.115. The van der Waals surface area contributed by atoms with E-state index in [1.54, 1.807) is 18.2 Å². The zero-order valence-corrected chi connectivity index (χ0v) is 10.0. The molecule has 0 spiro atoms. The second kappa shape index (κ2) is 5.34. The Morgan fingerprint density at radius 3 is 3.11 bits per heavy atom. The molecule has 90 valence electrons. The molecular weight excluding hydrogens is 252 g/mol. The number of amides is 1. The van der Waals surface area contributed by atoms with Crippen molar-refractivity contribution in [1.29, 1.82) is 5.26 Å². The molecule has 2 aromatic rings. The molecule has 6 heteroatoms. The van der Waals surface area contributed by atoms with Gasteiger partial charge in [0.25, 0.3) is 0 Å². The van der Waals surface area contributed by atoms with Crippen LogP contribution in [0.25, 0.3) is 0 Å². The van der Waals surface area contributed by atoms with Crippen LogP contribution in [0.15, 0.2) is 30.5 Å². The van der Waals surface area contributed by atoms with Gasteiger partial charge < -0.3 is 5.32 Å². The van der Waals surface area contributed by atoms with Gasteiger partial charge in [0.1, 0.15) is 17.5 Å². The summed E-state index contributed by atoms with van der Waals surface area (Å²) >= 11 is 5.83. The highest BCUT2D eigenvalue weighted by atomic mass is 35.5. The normalized spacial score (nSPS) is 9.78. The fraction of sp³-hybridized carbons (Fsp3) is 0.0833. The van der Waals surface area contributed by atoms with Gasteiger partial charge in [0.15, 0.2) is 0 Å². The molecule has 1 amide bonds. The Morgan fingerprint density at radius 1 is 1.56 bits per heavy atom. The number of benzene rings is 1. The topological polar surface area (TPSA) is 81.6 Å². The zero-order valence-electron chi connectivity index (χ0n) is 9.27. The number of hydrogen-bond acceptors (Lipinski definition) is 3. The third kappa shape index (κ3) is 2.87. The molecule has 18 heavy (non-hydrogen) atoms. The van der Waals surface area contributed by atoms with E-state index >= 15 is 0 Å². The Balaban J connectivity index is 2.04. The lowest BCUT2D eigenvalue weighted by Crippen LogP contribution is -2.15. The molecule has 0 aliphatic rings. The van der Waals surface area contributed by atoms with Gasteiger partial charge in [-0.3, -0.25) is 9.89 Å². The first-order valence-electron chi connectivity index (χ1n) is 5.17. The van der Waals surface area contributed by atoms with Gasteiger partial charge in [-0.25, -0.2) is 0 Å². The van der Waals surface area contributed by atoms with Crippen LogP contribution >= 0.6 is 11.6 Å². The van der Waals surface area contributed by atoms with Crippen LogP contribution in [0.4, 0.5) is 5.82 Å². The minimum absolute atomic E-state index is 0.185. The number of nitrogens with zero attached hydrogens (tertiary/aromatic N) is 2. The number of aromatic amines is 1. The number of aromatic nitrogens is 2. The molecule has 5 nitrogen and oxygen atoms in total. The molecule has 1 aromatic carbocycles. The minimum Gasteiger partial charge on any atom is -0.310 e. The molecule has 0 bridgehead atoms. The molecule has 0 saturated heterocycles. The van der Waals surface area contributed by atoms with E-state index in [4.69, 9.17) is 16.9 Å². The maximum absolute atomic E-state index is 11.7. The molecular formula is C12H9ClN4O. The standard InChI is InChI=1S/C12H9ClN4O/c13-10-3-1-2-8(4-10)5-11(18)16-12-9(6-14)7-15-17-12/h1-4,7H,5H2,(H2,15,16,17,18). The average molecular weight is 261 g/mol. The lowest BCUT2D eigenvalue weighted by Gasteiger charge is -2.03. The monoisotopic (exact) mass is 260 g/mol. The molecule has 2 rings (SSSR count). The third-order valence-corrected chi connectivity index (χ3v) is 2.51. The van der Waals surface area contributed by atoms with Crippen LogP contribution in [0.3, 0.4) is 0 Å². The van der Waals surface area contributed by atoms with Crippen LogP contribution in [-0.4, -0.2) is 16.1 Å². The summed E-state index contributed by atoms with van der Waals surface area (Å²) in [6, 6.07) is 8.98. The van der Waals surface area contributed by atoms with Crippen molar-refractivity contribution in [3.8, 4) is 6.07 Å². The quantitative estimate of drug-likeness (QED) is 0.887. The van der Waals surface area contributed by atoms with Gasteiger partial charge in [-0.15, -0.1) is 0 Å². The van der Waals surface area contributed by atoms with Crippen LogP contribution < -0.4 is 5.32 Å². The summed E-state index contributed by atoms with van der Waals surface area (Å²) in [4.78, 5) is 11.7. The predicted octanol–water partition coefficient (Wildman–Crippen LogP) is 2.12. The molecule has 0 unspecified atom stereocenters. The Morgan fingerprint density at radius 2 is 2.39 bits per heavy atom. The number of carbonyl (C=O) groups excluding carboxylic acids is 1. The van der Waals surface area contributed by atoms with E-state index in [0.29, 0.717) is 16.4 Å². The van der Waals surface area contributed by atoms with Crippen molar-refractivity contribution < 1.29 is 4.79 Å². The molecule has 0 fully saturated rings. The fourth-order valence-electron chi connectivity index (χ4n) is 1.48. The molecule has 1 heterocycles. The molecule has 1 aromatic heterocycles. The van der Waals surface area contributed by atoms with Crippen molar-refractivity contribution >= 4 is 23.3 Å². The zero-order chi connectivity index (χ0) is 13.0. The van der Waals surface area contributed by atoms with E-state index < -0.39 is 0 Å². The average Bonchev–Trinajstić information content (AvgIpc) is 2.76. The van der Waals surface area contributed by atoms with Gasteiger partial charge >= 0.3 is 0 Å². The SMILES string of the molecule is N#Cc1cn[nH]c1NC(=O)Cc1cccc(Cl)c1. The molecule has 0 radical (unpaired) electrons. The van der Waals surface area contributed by atoms with Gasteiger partial charge in [0.2, 0.25) is 5.91 Å². The number of halogens is 1. The Bertz CT molecular complexity index is 615. The first kappa shape index (κ1) is 12.1. The highest BCUT2D eigenvalue weighted by molar-refractivity contribution is 6.30. The smallest absolute Gasteiger partial charge is 0.229 e. The number of nitriles is 1. The summed E-state index contributed by atoms with van der Waals surface area (Å²) in [6.07, 6.45) is 1.54. The highest BCUT2D eigenvalue weighted by Gasteiger charge is 2.09. The van der Waals surface area contributed by atoms with E-state index in [0.717, 1.165) is 5.56 Å². The van der Waals surface area contributed by atoms with E-state index in [-0.39, 0.29) is 12.3 Å². The van der Waals surface area contributed by atoms with E-state index in [2.05, 4.69) is 15.5 Å². The third-order valence-electron chi connectivity index (χ3n) is 2.28. The van der Waals surface area contributed by atoms with Crippen molar-refractivity contribution in [2.24, 2.45) is 0 Å². The van der Waals surface area contributed by atoms with Crippen LogP contribution in [0.5, 0.6) is 0 Å². The van der Waals surface area contributed by atoms with Gasteiger partial charge in [0, 0.05) is 5.02 Å². The van der Waals surface area contributed by atoms with Gasteiger partial charge in [-0.2, -0.15) is 10.4 Å². The molecule has 0 aliphatic heterocycles. The summed E-state index contributed by atoms with van der Waals surface area (Å²) in [6.45, 7) is 0. The van der Waals surface area contributed by atoms with Crippen molar-refractivity contribution in [3.05, 3.63) is 46.6 Å². The van der Waals surface area contributed by atoms with E-state index in [1.165, 1.54) is 6.20 Å². The summed E-state index contributed by atoms with van der Waals surface area (Å²) in [7, 11) is 0. The number of hydrogen-bond donors (Lipinski definition) is 2. The van der Waals surface area contributed by atoms with Crippen molar-refractivity contribution in [1.82, 2.24) is 10.2 Å². The van der Waals surface area contributed by atoms with Crippen LogP contribution in [0.2, 0.25) is 5.02 Å². The number of H-pyrrole nitrogens is 1. The van der Waals surface area contributed by atoms with Crippen LogP contribution in [-0.2, 0) is 11.2 Å². The number of anilines is 1. The van der Waals surface area contributed by atoms with Gasteiger partial charge in [-0.05, 0) is 17.7 Å². The number of nitrogens with one attached hydrogen (secondary N) is 2. The highest BCUT2D eigenvalue weighted by Crippen LogP contribution is 2.13.